The first-order valence-corrected chi connectivity index (χ1v) is 12.2. The Balaban J connectivity index is 1.85. The van der Waals surface area contributed by atoms with Crippen molar-refractivity contribution in [3.63, 3.8) is 0 Å². The number of morpholine rings is 1. The van der Waals surface area contributed by atoms with Crippen LogP contribution in [0.15, 0.2) is 46.0 Å². The van der Waals surface area contributed by atoms with Gasteiger partial charge in [0.1, 0.15) is 17.9 Å². The molecule has 0 bridgehead atoms. The molecule has 4 rings (SSSR count). The van der Waals surface area contributed by atoms with Gasteiger partial charge in [-0.05, 0) is 19.9 Å². The highest BCUT2D eigenvalue weighted by Crippen LogP contribution is 2.37. The molecule has 2 N–H and O–H groups in total. The molecule has 2 aliphatic heterocycles. The fraction of sp³-hybridized carbons (Fsp3) is 0.391. The number of benzene rings is 1. The van der Waals surface area contributed by atoms with E-state index in [-0.39, 0.29) is 29.3 Å². The molecule has 0 spiro atoms. The summed E-state index contributed by atoms with van der Waals surface area (Å²) < 4.78 is 25.3. The van der Waals surface area contributed by atoms with Gasteiger partial charge in [-0.15, -0.1) is 11.3 Å². The van der Waals surface area contributed by atoms with Crippen LogP contribution in [0.1, 0.15) is 30.5 Å². The third-order valence-electron chi connectivity index (χ3n) is 5.74. The van der Waals surface area contributed by atoms with Crippen LogP contribution in [0, 0.1) is 5.82 Å². The fourth-order valence-electron chi connectivity index (χ4n) is 4.20. The molecule has 2 aliphatic rings. The van der Waals surface area contributed by atoms with Crippen LogP contribution in [-0.2, 0) is 19.1 Å². The van der Waals surface area contributed by atoms with E-state index in [1.54, 1.807) is 36.4 Å². The van der Waals surface area contributed by atoms with E-state index in [0.717, 1.165) is 0 Å². The number of aromatic nitrogens is 1. The largest absolute Gasteiger partial charge is 0.480 e. The number of hydrogen-bond donors (Lipinski definition) is 2. The zero-order valence-electron chi connectivity index (χ0n) is 19.0. The number of carbonyl (C=O) groups excluding carboxylic acids is 1. The fourth-order valence-corrected chi connectivity index (χ4v) is 5.01. The molecular weight excluding hydrogens is 499 g/mol. The van der Waals surface area contributed by atoms with Crippen LogP contribution in [0.3, 0.4) is 0 Å². The maximum Gasteiger partial charge on any atom is 0.338 e. The number of carboxylic acid groups (broad SMARTS) is 1. The van der Waals surface area contributed by atoms with Crippen molar-refractivity contribution in [3.05, 3.63) is 62.5 Å². The highest BCUT2D eigenvalue weighted by molar-refractivity contribution is 7.11. The maximum absolute atomic E-state index is 14.4. The lowest BCUT2D eigenvalue weighted by Gasteiger charge is -2.38. The van der Waals surface area contributed by atoms with Gasteiger partial charge in [0.25, 0.3) is 0 Å². The number of aliphatic imine (C=N–C) groups is 1. The molecular formula is C23H24ClFN4O5S. The monoisotopic (exact) mass is 522 g/mol. The van der Waals surface area contributed by atoms with Crippen molar-refractivity contribution < 1.29 is 28.6 Å². The average molecular weight is 523 g/mol. The molecule has 0 aliphatic carbocycles. The number of halogens is 2. The van der Waals surface area contributed by atoms with Gasteiger partial charge in [-0.25, -0.2) is 14.2 Å². The van der Waals surface area contributed by atoms with Crippen LogP contribution in [0.4, 0.5) is 4.39 Å². The normalized spacial score (nSPS) is 23.0. The predicted octanol–water partition coefficient (Wildman–Crippen LogP) is 3.02. The minimum atomic E-state index is -1.04. The van der Waals surface area contributed by atoms with E-state index in [1.165, 1.54) is 23.5 Å². The number of amidine groups is 1. The summed E-state index contributed by atoms with van der Waals surface area (Å²) in [4.78, 5) is 35.9. The van der Waals surface area contributed by atoms with Crippen molar-refractivity contribution in [2.45, 2.75) is 32.0 Å². The zero-order valence-corrected chi connectivity index (χ0v) is 20.6. The Bertz CT molecular complexity index is 1170. The molecule has 0 amide bonds. The first-order valence-electron chi connectivity index (χ1n) is 11.0. The van der Waals surface area contributed by atoms with Gasteiger partial charge < -0.3 is 19.9 Å². The Kier molecular flexibility index (Phi) is 7.80. The number of hydrogen-bond acceptors (Lipinski definition) is 9. The van der Waals surface area contributed by atoms with Gasteiger partial charge in [0.05, 0.1) is 29.9 Å². The molecule has 35 heavy (non-hydrogen) atoms. The number of carbonyl (C=O) groups is 2. The lowest BCUT2D eigenvalue weighted by molar-refractivity contribution is -0.155. The summed E-state index contributed by atoms with van der Waals surface area (Å²) in [6, 6.07) is 2.38. The number of carboxylic acids is 1. The second-order valence-electron chi connectivity index (χ2n) is 7.93. The molecule has 1 unspecified atom stereocenters. The molecule has 12 heteroatoms. The topological polar surface area (TPSA) is 113 Å². The Labute approximate surface area is 210 Å². The van der Waals surface area contributed by atoms with Crippen LogP contribution in [0.25, 0.3) is 0 Å². The first kappa shape index (κ1) is 25.2. The van der Waals surface area contributed by atoms with E-state index < -0.39 is 35.9 Å². The third kappa shape index (κ3) is 5.22. The minimum absolute atomic E-state index is 0.0621. The van der Waals surface area contributed by atoms with Crippen molar-refractivity contribution in [1.82, 2.24) is 15.2 Å². The van der Waals surface area contributed by atoms with Gasteiger partial charge in [-0.1, -0.05) is 23.7 Å². The summed E-state index contributed by atoms with van der Waals surface area (Å²) in [5, 5.41) is 15.2. The molecule has 3 atom stereocenters. The predicted molar refractivity (Wildman–Crippen MR) is 128 cm³/mol. The molecule has 1 aromatic carbocycles. The lowest BCUT2D eigenvalue weighted by atomic mass is 9.94. The second kappa shape index (κ2) is 10.8. The van der Waals surface area contributed by atoms with E-state index in [1.807, 2.05) is 0 Å². The van der Waals surface area contributed by atoms with Crippen molar-refractivity contribution in [3.8, 4) is 0 Å². The summed E-state index contributed by atoms with van der Waals surface area (Å²) in [5.41, 5.74) is 0.796. The van der Waals surface area contributed by atoms with Crippen molar-refractivity contribution in [2.75, 3.05) is 26.3 Å². The van der Waals surface area contributed by atoms with Gasteiger partial charge in [0.2, 0.25) is 0 Å². The summed E-state index contributed by atoms with van der Waals surface area (Å²) in [6.07, 6.45) is 1.06. The SMILES string of the molecule is CCOC(=O)C1=C(CN2CCO[C@H](C)[C@H]2C(=O)O)NC(c2nccs2)=NC1c1cccc(F)c1Cl. The first-order chi connectivity index (χ1) is 16.8. The quantitative estimate of drug-likeness (QED) is 0.533. The molecule has 1 saturated heterocycles. The Morgan fingerprint density at radius 3 is 2.91 bits per heavy atom. The van der Waals surface area contributed by atoms with E-state index in [4.69, 9.17) is 21.1 Å². The summed E-state index contributed by atoms with van der Waals surface area (Å²) in [6.45, 7) is 4.20. The van der Waals surface area contributed by atoms with Crippen LogP contribution in [-0.4, -0.2) is 71.2 Å². The van der Waals surface area contributed by atoms with E-state index in [9.17, 15) is 19.1 Å². The van der Waals surface area contributed by atoms with Crippen LogP contribution in [0.5, 0.6) is 0 Å². The number of nitrogens with one attached hydrogen (secondary N) is 1. The Morgan fingerprint density at radius 2 is 2.23 bits per heavy atom. The van der Waals surface area contributed by atoms with Gasteiger partial charge in [0, 0.05) is 35.9 Å². The van der Waals surface area contributed by atoms with E-state index in [0.29, 0.717) is 29.7 Å². The summed E-state index contributed by atoms with van der Waals surface area (Å²) >= 11 is 7.64. The summed E-state index contributed by atoms with van der Waals surface area (Å²) in [7, 11) is 0. The number of nitrogens with zero attached hydrogens (tertiary/aromatic N) is 3. The maximum atomic E-state index is 14.4. The van der Waals surface area contributed by atoms with E-state index in [2.05, 4.69) is 15.3 Å². The molecule has 0 radical (unpaired) electrons. The second-order valence-corrected chi connectivity index (χ2v) is 9.20. The molecule has 2 aromatic rings. The zero-order chi connectivity index (χ0) is 25.1. The van der Waals surface area contributed by atoms with Gasteiger partial charge in [-0.3, -0.25) is 14.7 Å². The lowest BCUT2D eigenvalue weighted by Crippen LogP contribution is -2.56. The van der Waals surface area contributed by atoms with Crippen molar-refractivity contribution in [2.24, 2.45) is 4.99 Å². The van der Waals surface area contributed by atoms with Gasteiger partial charge in [0.15, 0.2) is 10.8 Å². The standard InChI is InChI=1S/C23H24ClFN4O5S/c1-3-33-23(32)16-15(11-29-8-9-34-12(2)19(29)22(30)31)27-20(21-26-7-10-35-21)28-18(16)13-5-4-6-14(25)17(13)24/h4-7,10,12,18-19H,3,8-9,11H2,1-2H3,(H,27,28)(H,30,31)/t12-,18?,19+/m1/s1. The molecule has 0 saturated carbocycles. The third-order valence-corrected chi connectivity index (χ3v) is 6.92. The highest BCUT2D eigenvalue weighted by Gasteiger charge is 2.39. The average Bonchev–Trinajstić information content (AvgIpc) is 3.35. The van der Waals surface area contributed by atoms with Crippen LogP contribution < -0.4 is 5.32 Å². The molecule has 9 nitrogen and oxygen atoms in total. The number of aliphatic carboxylic acids is 1. The van der Waals surface area contributed by atoms with Crippen molar-refractivity contribution in [1.29, 1.82) is 0 Å². The smallest absolute Gasteiger partial charge is 0.338 e. The van der Waals surface area contributed by atoms with Crippen LogP contribution in [0.2, 0.25) is 5.02 Å². The van der Waals surface area contributed by atoms with Crippen LogP contribution >= 0.6 is 22.9 Å². The molecule has 1 fully saturated rings. The molecule has 3 heterocycles. The number of thiazole rings is 1. The van der Waals surface area contributed by atoms with Gasteiger partial charge in [-0.2, -0.15) is 0 Å². The summed E-state index contributed by atoms with van der Waals surface area (Å²) in [5.74, 6) is -1.98. The van der Waals surface area contributed by atoms with Crippen molar-refractivity contribution >= 4 is 40.7 Å². The van der Waals surface area contributed by atoms with E-state index >= 15 is 0 Å². The Morgan fingerprint density at radius 1 is 1.43 bits per heavy atom. The number of esters is 1. The minimum Gasteiger partial charge on any atom is -0.480 e. The number of ether oxygens (including phenoxy) is 2. The molecule has 1 aromatic heterocycles. The Hall–Kier alpha value is -2.86. The number of rotatable bonds is 7. The van der Waals surface area contributed by atoms with Gasteiger partial charge >= 0.3 is 11.9 Å². The molecule has 186 valence electrons. The highest BCUT2D eigenvalue weighted by atomic mass is 35.5.